The molecule has 0 atom stereocenters. The van der Waals surface area contributed by atoms with Crippen LogP contribution < -0.4 is 9.47 Å². The third-order valence-electron chi connectivity index (χ3n) is 3.30. The van der Waals surface area contributed by atoms with Gasteiger partial charge >= 0.3 is 0 Å². The molecule has 132 valence electrons. The summed E-state index contributed by atoms with van der Waals surface area (Å²) in [6.45, 7) is 7.80. The van der Waals surface area contributed by atoms with Gasteiger partial charge in [0.1, 0.15) is 17.2 Å². The lowest BCUT2D eigenvalue weighted by molar-refractivity contribution is 0.104. The topological polar surface area (TPSA) is 55.8 Å². The fraction of sp³-hybridized carbons (Fsp3) is 0.286. The van der Waals surface area contributed by atoms with Gasteiger partial charge in [0, 0.05) is 5.56 Å². The smallest absolute Gasteiger partial charge is 0.185 e. The van der Waals surface area contributed by atoms with Crippen LogP contribution in [0.4, 0.5) is 0 Å². The van der Waals surface area contributed by atoms with E-state index in [2.05, 4.69) is 0 Å². The SMILES string of the molecule is CC(C)Oc1cccc(OC(C)C)c1/C=C/C(=O)c1ccc(O)cc1. The van der Waals surface area contributed by atoms with E-state index in [1.54, 1.807) is 18.2 Å². The van der Waals surface area contributed by atoms with E-state index >= 15 is 0 Å². The highest BCUT2D eigenvalue weighted by Crippen LogP contribution is 2.31. The zero-order chi connectivity index (χ0) is 18.4. The maximum Gasteiger partial charge on any atom is 0.185 e. The molecule has 0 spiro atoms. The molecule has 0 bridgehead atoms. The Morgan fingerprint density at radius 3 is 1.92 bits per heavy atom. The van der Waals surface area contributed by atoms with E-state index in [1.807, 2.05) is 45.9 Å². The van der Waals surface area contributed by atoms with Gasteiger partial charge in [-0.05, 0) is 76.2 Å². The van der Waals surface area contributed by atoms with Crippen LogP contribution >= 0.6 is 0 Å². The van der Waals surface area contributed by atoms with Crippen LogP contribution in [0.25, 0.3) is 6.08 Å². The number of allylic oxidation sites excluding steroid dienone is 1. The van der Waals surface area contributed by atoms with Crippen molar-refractivity contribution in [3.63, 3.8) is 0 Å². The van der Waals surface area contributed by atoms with Crippen LogP contribution in [0.5, 0.6) is 17.2 Å². The molecule has 2 aromatic carbocycles. The van der Waals surface area contributed by atoms with Crippen LogP contribution in [0.15, 0.2) is 48.5 Å². The van der Waals surface area contributed by atoms with E-state index in [9.17, 15) is 9.90 Å². The first-order valence-electron chi connectivity index (χ1n) is 8.34. The third-order valence-corrected chi connectivity index (χ3v) is 3.30. The number of phenols is 1. The summed E-state index contributed by atoms with van der Waals surface area (Å²) in [7, 11) is 0. The number of carbonyl (C=O) groups is 1. The Balaban J connectivity index is 2.34. The van der Waals surface area contributed by atoms with Gasteiger partial charge < -0.3 is 14.6 Å². The fourth-order valence-electron chi connectivity index (χ4n) is 2.28. The van der Waals surface area contributed by atoms with Crippen molar-refractivity contribution in [1.29, 1.82) is 0 Å². The summed E-state index contributed by atoms with van der Waals surface area (Å²) in [4.78, 5) is 12.3. The number of carbonyl (C=O) groups excluding carboxylic acids is 1. The van der Waals surface area contributed by atoms with E-state index in [1.165, 1.54) is 18.2 Å². The van der Waals surface area contributed by atoms with Crippen molar-refractivity contribution in [2.75, 3.05) is 0 Å². The average molecular weight is 340 g/mol. The summed E-state index contributed by atoms with van der Waals surface area (Å²) in [5, 5.41) is 9.32. The van der Waals surface area contributed by atoms with Crippen LogP contribution in [0.3, 0.4) is 0 Å². The van der Waals surface area contributed by atoms with Gasteiger partial charge in [0.05, 0.1) is 17.8 Å². The Morgan fingerprint density at radius 1 is 0.920 bits per heavy atom. The lowest BCUT2D eigenvalue weighted by Crippen LogP contribution is -2.10. The molecule has 2 aromatic rings. The molecule has 0 unspecified atom stereocenters. The highest BCUT2D eigenvalue weighted by atomic mass is 16.5. The summed E-state index contributed by atoms with van der Waals surface area (Å²) in [5.74, 6) is 1.31. The molecule has 4 nitrogen and oxygen atoms in total. The van der Waals surface area contributed by atoms with Crippen molar-refractivity contribution in [3.05, 3.63) is 59.7 Å². The van der Waals surface area contributed by atoms with Crippen LogP contribution in [0.1, 0.15) is 43.6 Å². The number of phenolic OH excluding ortho intramolecular Hbond substituents is 1. The predicted octanol–water partition coefficient (Wildman–Crippen LogP) is 4.86. The normalized spacial score (nSPS) is 11.3. The zero-order valence-corrected chi connectivity index (χ0v) is 15.0. The molecule has 0 aliphatic rings. The minimum absolute atomic E-state index is 0.00856. The molecule has 0 heterocycles. The van der Waals surface area contributed by atoms with Gasteiger partial charge in [-0.3, -0.25) is 4.79 Å². The number of rotatable bonds is 7. The highest BCUT2D eigenvalue weighted by Gasteiger charge is 2.12. The molecule has 0 aromatic heterocycles. The second-order valence-corrected chi connectivity index (χ2v) is 6.25. The molecule has 0 aliphatic heterocycles. The quantitative estimate of drug-likeness (QED) is 0.577. The molecule has 0 fully saturated rings. The zero-order valence-electron chi connectivity index (χ0n) is 15.0. The Labute approximate surface area is 148 Å². The molecule has 25 heavy (non-hydrogen) atoms. The van der Waals surface area contributed by atoms with Crippen molar-refractivity contribution in [1.82, 2.24) is 0 Å². The Morgan fingerprint density at radius 2 is 1.44 bits per heavy atom. The molecule has 0 radical (unpaired) electrons. The number of ketones is 1. The molecular weight excluding hydrogens is 316 g/mol. The monoisotopic (exact) mass is 340 g/mol. The average Bonchev–Trinajstić information content (AvgIpc) is 2.53. The van der Waals surface area contributed by atoms with E-state index in [0.29, 0.717) is 17.1 Å². The number of ether oxygens (including phenoxy) is 2. The molecule has 0 aliphatic carbocycles. The van der Waals surface area contributed by atoms with Crippen molar-refractivity contribution >= 4 is 11.9 Å². The maximum atomic E-state index is 12.3. The second-order valence-electron chi connectivity index (χ2n) is 6.25. The Hall–Kier alpha value is -2.75. The van der Waals surface area contributed by atoms with Gasteiger partial charge in [-0.15, -0.1) is 0 Å². The largest absolute Gasteiger partial charge is 0.508 e. The van der Waals surface area contributed by atoms with Crippen LogP contribution in [-0.2, 0) is 0 Å². The van der Waals surface area contributed by atoms with Gasteiger partial charge in [0.25, 0.3) is 0 Å². The Bertz CT molecular complexity index is 715. The number of aromatic hydroxyl groups is 1. The summed E-state index contributed by atoms with van der Waals surface area (Å²) in [5.41, 5.74) is 1.24. The lowest BCUT2D eigenvalue weighted by atomic mass is 10.1. The standard InChI is InChI=1S/C21H24O4/c1-14(2)24-20-6-5-7-21(25-15(3)4)18(20)12-13-19(23)16-8-10-17(22)11-9-16/h5-15,22H,1-4H3/b13-12+. The maximum absolute atomic E-state index is 12.3. The van der Waals surface area contributed by atoms with Gasteiger partial charge in [-0.25, -0.2) is 0 Å². The fourth-order valence-corrected chi connectivity index (χ4v) is 2.28. The number of hydrogen-bond acceptors (Lipinski definition) is 4. The van der Waals surface area contributed by atoms with E-state index in [0.717, 1.165) is 5.56 Å². The van der Waals surface area contributed by atoms with Crippen molar-refractivity contribution in [2.45, 2.75) is 39.9 Å². The molecule has 4 heteroatoms. The molecule has 2 rings (SSSR count). The van der Waals surface area contributed by atoms with Crippen LogP contribution in [0, 0.1) is 0 Å². The highest BCUT2D eigenvalue weighted by molar-refractivity contribution is 6.07. The van der Waals surface area contributed by atoms with E-state index < -0.39 is 0 Å². The van der Waals surface area contributed by atoms with Gasteiger partial charge in [0.2, 0.25) is 0 Å². The summed E-state index contributed by atoms with van der Waals surface area (Å²) in [6, 6.07) is 11.7. The van der Waals surface area contributed by atoms with Crippen molar-refractivity contribution in [3.8, 4) is 17.2 Å². The number of hydrogen-bond donors (Lipinski definition) is 1. The van der Waals surface area contributed by atoms with Crippen LogP contribution in [0.2, 0.25) is 0 Å². The first kappa shape index (κ1) is 18.6. The minimum Gasteiger partial charge on any atom is -0.508 e. The molecule has 1 N–H and O–H groups in total. The minimum atomic E-state index is -0.158. The predicted molar refractivity (Wildman–Crippen MR) is 99.4 cm³/mol. The van der Waals surface area contributed by atoms with Gasteiger partial charge in [0.15, 0.2) is 5.78 Å². The first-order valence-corrected chi connectivity index (χ1v) is 8.34. The molecule has 0 amide bonds. The third kappa shape index (κ3) is 5.38. The number of benzene rings is 2. The van der Waals surface area contributed by atoms with Crippen molar-refractivity contribution in [2.24, 2.45) is 0 Å². The molecular formula is C21H24O4. The summed E-state index contributed by atoms with van der Waals surface area (Å²) in [6.07, 6.45) is 3.22. The molecule has 0 saturated heterocycles. The second kappa shape index (κ2) is 8.38. The first-order chi connectivity index (χ1) is 11.9. The van der Waals surface area contributed by atoms with Gasteiger partial charge in [-0.2, -0.15) is 0 Å². The van der Waals surface area contributed by atoms with Gasteiger partial charge in [-0.1, -0.05) is 6.07 Å². The van der Waals surface area contributed by atoms with E-state index in [4.69, 9.17) is 9.47 Å². The lowest BCUT2D eigenvalue weighted by Gasteiger charge is -2.17. The summed E-state index contributed by atoms with van der Waals surface area (Å²) < 4.78 is 11.7. The van der Waals surface area contributed by atoms with Crippen molar-refractivity contribution < 1.29 is 19.4 Å². The molecule has 0 saturated carbocycles. The van der Waals surface area contributed by atoms with E-state index in [-0.39, 0.29) is 23.7 Å². The Kier molecular flexibility index (Phi) is 6.23. The summed E-state index contributed by atoms with van der Waals surface area (Å²) >= 11 is 0. The van der Waals surface area contributed by atoms with Crippen LogP contribution in [-0.4, -0.2) is 23.1 Å².